The number of allylic oxidation sites excluding steroid dienone is 1. The molecule has 1 nitrogen and oxygen atoms in total. The van der Waals surface area contributed by atoms with Gasteiger partial charge in [-0.3, -0.25) is 0 Å². The molecule has 0 saturated carbocycles. The summed E-state index contributed by atoms with van der Waals surface area (Å²) in [6, 6.07) is 0.295. The van der Waals surface area contributed by atoms with E-state index in [0.29, 0.717) is 12.0 Å². The van der Waals surface area contributed by atoms with Gasteiger partial charge in [0.25, 0.3) is 0 Å². The Morgan fingerprint density at radius 1 is 1.50 bits per heavy atom. The standard InChI is InChI=1S/C9H19N/c1-5-7(2)6-8(3)9(4)10/h8-9H,2,5-6,10H2,1,3-4H3. The monoisotopic (exact) mass is 141 g/mol. The first-order valence-corrected chi connectivity index (χ1v) is 4.00. The first-order valence-electron chi connectivity index (χ1n) is 4.00. The third-order valence-electron chi connectivity index (χ3n) is 2.01. The van der Waals surface area contributed by atoms with Gasteiger partial charge >= 0.3 is 0 Å². The smallest absolute Gasteiger partial charge is 0.00391 e. The Bertz CT molecular complexity index is 105. The highest BCUT2D eigenvalue weighted by atomic mass is 14.6. The van der Waals surface area contributed by atoms with Crippen LogP contribution < -0.4 is 5.73 Å². The molecule has 10 heavy (non-hydrogen) atoms. The molecular formula is C9H19N. The molecule has 0 aliphatic rings. The summed E-state index contributed by atoms with van der Waals surface area (Å²) >= 11 is 0. The molecule has 1 heteroatoms. The predicted octanol–water partition coefficient (Wildman–Crippen LogP) is 2.33. The van der Waals surface area contributed by atoms with E-state index in [4.69, 9.17) is 5.73 Å². The molecular weight excluding hydrogens is 122 g/mol. The van der Waals surface area contributed by atoms with Gasteiger partial charge in [-0.15, -0.1) is 0 Å². The van der Waals surface area contributed by atoms with Crippen molar-refractivity contribution in [2.75, 3.05) is 0 Å². The van der Waals surface area contributed by atoms with Crippen molar-refractivity contribution in [3.05, 3.63) is 12.2 Å². The fourth-order valence-corrected chi connectivity index (χ4v) is 0.786. The minimum atomic E-state index is 0.295. The molecule has 0 rings (SSSR count). The number of hydrogen-bond donors (Lipinski definition) is 1. The first-order chi connectivity index (χ1) is 4.57. The van der Waals surface area contributed by atoms with Gasteiger partial charge in [0.2, 0.25) is 0 Å². The molecule has 2 unspecified atom stereocenters. The van der Waals surface area contributed by atoms with E-state index in [9.17, 15) is 0 Å². The minimum absolute atomic E-state index is 0.295. The van der Waals surface area contributed by atoms with E-state index in [1.165, 1.54) is 5.57 Å². The average Bonchev–Trinajstić information content (AvgIpc) is 1.87. The van der Waals surface area contributed by atoms with Crippen molar-refractivity contribution in [2.45, 2.75) is 39.7 Å². The van der Waals surface area contributed by atoms with Crippen LogP contribution in [0.5, 0.6) is 0 Å². The zero-order chi connectivity index (χ0) is 8.15. The fraction of sp³-hybridized carbons (Fsp3) is 0.778. The molecule has 2 atom stereocenters. The highest BCUT2D eigenvalue weighted by molar-refractivity contribution is 4.94. The molecule has 0 bridgehead atoms. The topological polar surface area (TPSA) is 26.0 Å². The number of hydrogen-bond acceptors (Lipinski definition) is 1. The molecule has 0 aliphatic heterocycles. The second-order valence-electron chi connectivity index (χ2n) is 3.14. The SMILES string of the molecule is C=C(CC)CC(C)C(C)N. The Morgan fingerprint density at radius 3 is 2.30 bits per heavy atom. The fourth-order valence-electron chi connectivity index (χ4n) is 0.786. The van der Waals surface area contributed by atoms with E-state index in [0.717, 1.165) is 12.8 Å². The summed E-state index contributed by atoms with van der Waals surface area (Å²) in [6.45, 7) is 10.3. The molecule has 0 fully saturated rings. The van der Waals surface area contributed by atoms with Crippen LogP contribution >= 0.6 is 0 Å². The lowest BCUT2D eigenvalue weighted by atomic mass is 9.95. The van der Waals surface area contributed by atoms with Crippen molar-refractivity contribution in [2.24, 2.45) is 11.7 Å². The van der Waals surface area contributed by atoms with E-state index in [2.05, 4.69) is 20.4 Å². The lowest BCUT2D eigenvalue weighted by Gasteiger charge is -2.15. The minimum Gasteiger partial charge on any atom is -0.328 e. The summed E-state index contributed by atoms with van der Waals surface area (Å²) in [5.41, 5.74) is 7.01. The van der Waals surface area contributed by atoms with Gasteiger partial charge < -0.3 is 5.73 Å². The number of rotatable bonds is 4. The van der Waals surface area contributed by atoms with Crippen LogP contribution in [0.25, 0.3) is 0 Å². The van der Waals surface area contributed by atoms with Crippen LogP contribution in [0.3, 0.4) is 0 Å². The Morgan fingerprint density at radius 2 is 2.00 bits per heavy atom. The Kier molecular flexibility index (Phi) is 4.37. The Balaban J connectivity index is 3.57. The van der Waals surface area contributed by atoms with Gasteiger partial charge in [0.05, 0.1) is 0 Å². The van der Waals surface area contributed by atoms with E-state index in [-0.39, 0.29) is 0 Å². The molecule has 0 aromatic rings. The summed E-state index contributed by atoms with van der Waals surface area (Å²) in [5.74, 6) is 0.576. The molecule has 0 amide bonds. The highest BCUT2D eigenvalue weighted by Crippen LogP contribution is 2.14. The number of nitrogens with two attached hydrogens (primary N) is 1. The van der Waals surface area contributed by atoms with Crippen molar-refractivity contribution in [1.29, 1.82) is 0 Å². The summed E-state index contributed by atoms with van der Waals surface area (Å²) in [6.07, 6.45) is 2.16. The van der Waals surface area contributed by atoms with E-state index >= 15 is 0 Å². The molecule has 0 heterocycles. The predicted molar refractivity (Wildman–Crippen MR) is 46.9 cm³/mol. The van der Waals surface area contributed by atoms with Crippen molar-refractivity contribution < 1.29 is 0 Å². The molecule has 0 saturated heterocycles. The van der Waals surface area contributed by atoms with Gasteiger partial charge in [-0.05, 0) is 25.7 Å². The second-order valence-corrected chi connectivity index (χ2v) is 3.14. The van der Waals surface area contributed by atoms with E-state index in [1.807, 2.05) is 6.92 Å². The van der Waals surface area contributed by atoms with Gasteiger partial charge in [-0.25, -0.2) is 0 Å². The lowest BCUT2D eigenvalue weighted by Crippen LogP contribution is -2.24. The molecule has 2 N–H and O–H groups in total. The summed E-state index contributed by atoms with van der Waals surface area (Å²) in [4.78, 5) is 0. The molecule has 0 aromatic heterocycles. The Labute approximate surface area is 64.3 Å². The average molecular weight is 141 g/mol. The zero-order valence-corrected chi connectivity index (χ0v) is 7.35. The van der Waals surface area contributed by atoms with Crippen molar-refractivity contribution in [3.8, 4) is 0 Å². The maximum atomic E-state index is 5.70. The highest BCUT2D eigenvalue weighted by Gasteiger charge is 2.07. The van der Waals surface area contributed by atoms with Gasteiger partial charge in [-0.1, -0.05) is 26.0 Å². The largest absolute Gasteiger partial charge is 0.328 e. The zero-order valence-electron chi connectivity index (χ0n) is 7.35. The first kappa shape index (κ1) is 9.70. The van der Waals surface area contributed by atoms with Gasteiger partial charge in [0.1, 0.15) is 0 Å². The van der Waals surface area contributed by atoms with Gasteiger partial charge in [-0.2, -0.15) is 0 Å². The molecule has 60 valence electrons. The molecule has 0 radical (unpaired) electrons. The summed E-state index contributed by atoms with van der Waals surface area (Å²) in [7, 11) is 0. The molecule has 0 aliphatic carbocycles. The quantitative estimate of drug-likeness (QED) is 0.597. The normalized spacial score (nSPS) is 16.4. The van der Waals surface area contributed by atoms with Crippen LogP contribution in [0.2, 0.25) is 0 Å². The maximum absolute atomic E-state index is 5.70. The van der Waals surface area contributed by atoms with Crippen LogP contribution in [0.1, 0.15) is 33.6 Å². The van der Waals surface area contributed by atoms with Crippen LogP contribution in [0, 0.1) is 5.92 Å². The molecule has 0 aromatic carbocycles. The van der Waals surface area contributed by atoms with Crippen LogP contribution in [0.4, 0.5) is 0 Å². The van der Waals surface area contributed by atoms with Crippen LogP contribution in [-0.4, -0.2) is 6.04 Å². The van der Waals surface area contributed by atoms with Crippen LogP contribution in [0.15, 0.2) is 12.2 Å². The van der Waals surface area contributed by atoms with Crippen molar-refractivity contribution in [3.63, 3.8) is 0 Å². The van der Waals surface area contributed by atoms with Crippen LogP contribution in [-0.2, 0) is 0 Å². The summed E-state index contributed by atoms with van der Waals surface area (Å²) < 4.78 is 0. The third-order valence-corrected chi connectivity index (χ3v) is 2.01. The second kappa shape index (κ2) is 4.51. The van der Waals surface area contributed by atoms with E-state index < -0.39 is 0 Å². The van der Waals surface area contributed by atoms with Crippen molar-refractivity contribution >= 4 is 0 Å². The van der Waals surface area contributed by atoms with Crippen molar-refractivity contribution in [1.82, 2.24) is 0 Å². The maximum Gasteiger partial charge on any atom is 0.00391 e. The van der Waals surface area contributed by atoms with Gasteiger partial charge in [0, 0.05) is 6.04 Å². The third kappa shape index (κ3) is 3.67. The lowest BCUT2D eigenvalue weighted by molar-refractivity contribution is 0.476. The molecule has 0 spiro atoms. The summed E-state index contributed by atoms with van der Waals surface area (Å²) in [5, 5.41) is 0. The van der Waals surface area contributed by atoms with Gasteiger partial charge in [0.15, 0.2) is 0 Å². The Hall–Kier alpha value is -0.300. The van der Waals surface area contributed by atoms with E-state index in [1.54, 1.807) is 0 Å².